The van der Waals surface area contributed by atoms with Crippen molar-refractivity contribution in [3.63, 3.8) is 0 Å². The van der Waals surface area contributed by atoms with Crippen LogP contribution in [-0.4, -0.2) is 46.4 Å². The molecule has 0 aliphatic heterocycles. The molecule has 0 aromatic rings. The van der Waals surface area contributed by atoms with Crippen LogP contribution in [0.2, 0.25) is 0 Å². The van der Waals surface area contributed by atoms with Gasteiger partial charge in [0.05, 0.1) is 6.10 Å². The summed E-state index contributed by atoms with van der Waals surface area (Å²) in [5.74, 6) is 0.900. The van der Waals surface area contributed by atoms with Gasteiger partial charge in [0.2, 0.25) is 0 Å². The van der Waals surface area contributed by atoms with Crippen molar-refractivity contribution in [1.82, 2.24) is 0 Å². The standard InChI is InChI=1S/C20H38O4/c21-12-8-18(17-6-4-5-16(13-17)14-22)19(24)7-11-20(15-23)9-2-1-3-10-20/h16-19,21-24H,1-15H2. The van der Waals surface area contributed by atoms with Crippen molar-refractivity contribution in [2.75, 3.05) is 19.8 Å². The normalized spacial score (nSPS) is 30.0. The van der Waals surface area contributed by atoms with Gasteiger partial charge in [-0.25, -0.2) is 0 Å². The number of hydrogen-bond donors (Lipinski definition) is 4. The van der Waals surface area contributed by atoms with Crippen LogP contribution in [0.3, 0.4) is 0 Å². The summed E-state index contributed by atoms with van der Waals surface area (Å²) >= 11 is 0. The van der Waals surface area contributed by atoms with Crippen LogP contribution in [0, 0.1) is 23.2 Å². The highest BCUT2D eigenvalue weighted by molar-refractivity contribution is 4.86. The minimum atomic E-state index is -0.398. The van der Waals surface area contributed by atoms with Crippen molar-refractivity contribution < 1.29 is 20.4 Å². The molecule has 2 saturated carbocycles. The van der Waals surface area contributed by atoms with Gasteiger partial charge in [-0.15, -0.1) is 0 Å². The molecule has 0 spiro atoms. The Balaban J connectivity index is 1.91. The van der Waals surface area contributed by atoms with Crippen LogP contribution in [0.15, 0.2) is 0 Å². The third-order valence-electron chi connectivity index (χ3n) is 6.86. The van der Waals surface area contributed by atoms with Gasteiger partial charge in [-0.05, 0) is 68.1 Å². The van der Waals surface area contributed by atoms with Gasteiger partial charge in [-0.3, -0.25) is 0 Å². The number of aliphatic hydroxyl groups is 4. The molecule has 4 atom stereocenters. The highest BCUT2D eigenvalue weighted by atomic mass is 16.3. The van der Waals surface area contributed by atoms with Crippen molar-refractivity contribution >= 4 is 0 Å². The largest absolute Gasteiger partial charge is 0.396 e. The average molecular weight is 343 g/mol. The highest BCUT2D eigenvalue weighted by Gasteiger charge is 2.35. The summed E-state index contributed by atoms with van der Waals surface area (Å²) in [4.78, 5) is 0. The third kappa shape index (κ3) is 5.42. The Bertz CT molecular complexity index is 341. The monoisotopic (exact) mass is 342 g/mol. The first-order valence-corrected chi connectivity index (χ1v) is 10.1. The first-order valence-electron chi connectivity index (χ1n) is 10.1. The smallest absolute Gasteiger partial charge is 0.0572 e. The van der Waals surface area contributed by atoms with Gasteiger partial charge in [0.25, 0.3) is 0 Å². The van der Waals surface area contributed by atoms with E-state index in [1.807, 2.05) is 0 Å². The predicted molar refractivity (Wildman–Crippen MR) is 95.6 cm³/mol. The lowest BCUT2D eigenvalue weighted by molar-refractivity contribution is 0.00104. The summed E-state index contributed by atoms with van der Waals surface area (Å²) in [5, 5.41) is 39.6. The van der Waals surface area contributed by atoms with Crippen molar-refractivity contribution in [3.8, 4) is 0 Å². The molecule has 24 heavy (non-hydrogen) atoms. The number of rotatable bonds is 9. The molecular weight excluding hydrogens is 304 g/mol. The first-order chi connectivity index (χ1) is 11.6. The molecule has 0 amide bonds. The van der Waals surface area contributed by atoms with Gasteiger partial charge in [0.15, 0.2) is 0 Å². The SMILES string of the molecule is OCCC(C(O)CCC1(CO)CCCCC1)C1CCCC(CO)C1. The van der Waals surface area contributed by atoms with Crippen LogP contribution in [0.25, 0.3) is 0 Å². The van der Waals surface area contributed by atoms with E-state index in [-0.39, 0.29) is 31.2 Å². The van der Waals surface area contributed by atoms with Crippen molar-refractivity contribution in [2.45, 2.75) is 83.2 Å². The zero-order chi connectivity index (χ0) is 17.4. The van der Waals surface area contributed by atoms with E-state index < -0.39 is 6.10 Å². The molecule has 0 radical (unpaired) electrons. The Morgan fingerprint density at radius 3 is 2.29 bits per heavy atom. The first kappa shape index (κ1) is 20.2. The van der Waals surface area contributed by atoms with Crippen LogP contribution in [0.1, 0.15) is 77.0 Å². The minimum absolute atomic E-state index is 0.0171. The molecule has 4 heteroatoms. The fraction of sp³-hybridized carbons (Fsp3) is 1.00. The molecular formula is C20H38O4. The van der Waals surface area contributed by atoms with Gasteiger partial charge in [-0.2, -0.15) is 0 Å². The number of aliphatic hydroxyl groups excluding tert-OH is 4. The summed E-state index contributed by atoms with van der Waals surface area (Å²) in [6, 6.07) is 0. The van der Waals surface area contributed by atoms with Gasteiger partial charge in [-0.1, -0.05) is 32.1 Å². The molecule has 0 saturated heterocycles. The fourth-order valence-electron chi connectivity index (χ4n) is 5.24. The predicted octanol–water partition coefficient (Wildman–Crippen LogP) is 2.87. The average Bonchev–Trinajstić information content (AvgIpc) is 2.65. The zero-order valence-electron chi connectivity index (χ0n) is 15.2. The van der Waals surface area contributed by atoms with Crippen LogP contribution >= 0.6 is 0 Å². The molecule has 0 aromatic heterocycles. The van der Waals surface area contributed by atoms with E-state index in [4.69, 9.17) is 0 Å². The van der Waals surface area contributed by atoms with E-state index in [9.17, 15) is 20.4 Å². The Labute approximate surface area is 147 Å². The second kappa shape index (κ2) is 10.1. The maximum absolute atomic E-state index is 10.8. The second-order valence-corrected chi connectivity index (χ2v) is 8.48. The van der Waals surface area contributed by atoms with E-state index in [2.05, 4.69) is 0 Å². The quantitative estimate of drug-likeness (QED) is 0.519. The van der Waals surface area contributed by atoms with E-state index in [0.29, 0.717) is 18.3 Å². The maximum Gasteiger partial charge on any atom is 0.0572 e. The van der Waals surface area contributed by atoms with Gasteiger partial charge in [0, 0.05) is 19.8 Å². The maximum atomic E-state index is 10.8. The van der Waals surface area contributed by atoms with Crippen LogP contribution in [-0.2, 0) is 0 Å². The van der Waals surface area contributed by atoms with Gasteiger partial charge in [0.1, 0.15) is 0 Å². The molecule has 2 rings (SSSR count). The van der Waals surface area contributed by atoms with Gasteiger partial charge < -0.3 is 20.4 Å². The Hall–Kier alpha value is -0.160. The van der Waals surface area contributed by atoms with Crippen molar-refractivity contribution in [3.05, 3.63) is 0 Å². The van der Waals surface area contributed by atoms with Crippen molar-refractivity contribution in [1.29, 1.82) is 0 Å². The number of hydrogen-bond acceptors (Lipinski definition) is 4. The summed E-state index contributed by atoms with van der Waals surface area (Å²) in [7, 11) is 0. The minimum Gasteiger partial charge on any atom is -0.396 e. The summed E-state index contributed by atoms with van der Waals surface area (Å²) in [5.41, 5.74) is 0.0171. The molecule has 2 aliphatic rings. The van der Waals surface area contributed by atoms with Crippen LogP contribution in [0.5, 0.6) is 0 Å². The Morgan fingerprint density at radius 1 is 0.917 bits per heavy atom. The molecule has 0 heterocycles. The lowest BCUT2D eigenvalue weighted by atomic mass is 9.68. The molecule has 0 bridgehead atoms. The van der Waals surface area contributed by atoms with Crippen LogP contribution in [0.4, 0.5) is 0 Å². The molecule has 4 unspecified atom stereocenters. The topological polar surface area (TPSA) is 80.9 Å². The summed E-state index contributed by atoms with van der Waals surface area (Å²) in [6.07, 6.45) is 12.0. The van der Waals surface area contributed by atoms with Crippen LogP contribution < -0.4 is 0 Å². The van der Waals surface area contributed by atoms with E-state index in [1.165, 1.54) is 19.3 Å². The second-order valence-electron chi connectivity index (χ2n) is 8.48. The third-order valence-corrected chi connectivity index (χ3v) is 6.86. The molecule has 0 aromatic carbocycles. The molecule has 4 N–H and O–H groups in total. The molecule has 4 nitrogen and oxygen atoms in total. The molecule has 2 fully saturated rings. The van der Waals surface area contributed by atoms with E-state index >= 15 is 0 Å². The summed E-state index contributed by atoms with van der Waals surface area (Å²) < 4.78 is 0. The fourth-order valence-corrected chi connectivity index (χ4v) is 5.24. The Morgan fingerprint density at radius 2 is 1.67 bits per heavy atom. The highest BCUT2D eigenvalue weighted by Crippen LogP contribution is 2.42. The zero-order valence-corrected chi connectivity index (χ0v) is 15.2. The Kier molecular flexibility index (Phi) is 8.48. The van der Waals surface area contributed by atoms with E-state index in [0.717, 1.165) is 51.4 Å². The lowest BCUT2D eigenvalue weighted by Crippen LogP contribution is -2.35. The molecule has 2 aliphatic carbocycles. The lowest BCUT2D eigenvalue weighted by Gasteiger charge is -2.39. The summed E-state index contributed by atoms with van der Waals surface area (Å²) in [6.45, 7) is 0.597. The van der Waals surface area contributed by atoms with Crippen molar-refractivity contribution in [2.24, 2.45) is 23.2 Å². The van der Waals surface area contributed by atoms with Gasteiger partial charge >= 0.3 is 0 Å². The molecule has 142 valence electrons. The van der Waals surface area contributed by atoms with E-state index in [1.54, 1.807) is 0 Å².